The summed E-state index contributed by atoms with van der Waals surface area (Å²) in [5, 5.41) is 3.58. The molecule has 0 saturated heterocycles. The van der Waals surface area contributed by atoms with Crippen molar-refractivity contribution in [2.24, 2.45) is 0 Å². The number of hydrogen-bond acceptors (Lipinski definition) is 2. The van der Waals surface area contributed by atoms with Gasteiger partial charge in [0.25, 0.3) is 0 Å². The summed E-state index contributed by atoms with van der Waals surface area (Å²) in [5.74, 6) is 0.912. The van der Waals surface area contributed by atoms with Gasteiger partial charge in [-0.15, -0.1) is 0 Å². The molecule has 0 radical (unpaired) electrons. The molecule has 1 unspecified atom stereocenters. The number of ether oxygens (including phenoxy) is 1. The van der Waals surface area contributed by atoms with Crippen molar-refractivity contribution in [3.8, 4) is 5.75 Å². The third-order valence-corrected chi connectivity index (χ3v) is 3.96. The number of rotatable bonds is 6. The van der Waals surface area contributed by atoms with Gasteiger partial charge >= 0.3 is 0 Å². The predicted molar refractivity (Wildman–Crippen MR) is 89.0 cm³/mol. The minimum Gasteiger partial charge on any atom is -0.497 e. The van der Waals surface area contributed by atoms with E-state index in [-0.39, 0.29) is 0 Å². The third-order valence-electron chi connectivity index (χ3n) is 3.96. The van der Waals surface area contributed by atoms with E-state index in [0.717, 1.165) is 18.7 Å². The molecule has 0 aliphatic carbocycles. The second-order valence-corrected chi connectivity index (χ2v) is 5.51. The summed E-state index contributed by atoms with van der Waals surface area (Å²) < 4.78 is 5.34. The first-order chi connectivity index (χ1) is 10.1. The highest BCUT2D eigenvalue weighted by atomic mass is 16.5. The molecule has 0 bridgehead atoms. The van der Waals surface area contributed by atoms with Gasteiger partial charge in [-0.1, -0.05) is 37.3 Å². The van der Waals surface area contributed by atoms with Crippen molar-refractivity contribution < 1.29 is 4.74 Å². The Morgan fingerprint density at radius 1 is 1.05 bits per heavy atom. The second kappa shape index (κ2) is 7.28. The Bertz CT molecular complexity index is 592. The normalized spacial score (nSPS) is 12.2. The van der Waals surface area contributed by atoms with E-state index in [4.69, 9.17) is 4.74 Å². The maximum Gasteiger partial charge on any atom is 0.119 e. The van der Waals surface area contributed by atoms with E-state index in [9.17, 15) is 0 Å². The van der Waals surface area contributed by atoms with E-state index in [2.05, 4.69) is 62.5 Å². The first-order valence-corrected chi connectivity index (χ1v) is 7.57. The first kappa shape index (κ1) is 15.6. The smallest absolute Gasteiger partial charge is 0.119 e. The van der Waals surface area contributed by atoms with Crippen LogP contribution >= 0.6 is 0 Å². The third kappa shape index (κ3) is 4.08. The van der Waals surface area contributed by atoms with Crippen molar-refractivity contribution in [2.75, 3.05) is 13.7 Å². The molecule has 1 atom stereocenters. The highest BCUT2D eigenvalue weighted by molar-refractivity contribution is 5.34. The Balaban J connectivity index is 2.23. The molecule has 0 spiro atoms. The van der Waals surface area contributed by atoms with Crippen LogP contribution in [0.25, 0.3) is 0 Å². The zero-order valence-electron chi connectivity index (χ0n) is 13.4. The Morgan fingerprint density at radius 3 is 2.52 bits per heavy atom. The molecule has 1 N–H and O–H groups in total. The molecule has 0 fully saturated rings. The van der Waals surface area contributed by atoms with Gasteiger partial charge in [0.2, 0.25) is 0 Å². The lowest BCUT2D eigenvalue weighted by Gasteiger charge is -2.19. The topological polar surface area (TPSA) is 21.3 Å². The molecule has 0 aromatic heterocycles. The van der Waals surface area contributed by atoms with Crippen molar-refractivity contribution in [1.82, 2.24) is 5.32 Å². The van der Waals surface area contributed by atoms with Crippen molar-refractivity contribution in [3.63, 3.8) is 0 Å². The molecular formula is C19H25NO. The van der Waals surface area contributed by atoms with E-state index in [0.29, 0.717) is 6.04 Å². The minimum atomic E-state index is 0.312. The summed E-state index contributed by atoms with van der Waals surface area (Å²) in [6.45, 7) is 7.43. The van der Waals surface area contributed by atoms with Gasteiger partial charge in [-0.05, 0) is 61.2 Å². The predicted octanol–water partition coefficient (Wildman–Crippen LogP) is 4.21. The molecule has 0 saturated carbocycles. The standard InChI is InChI=1S/C19H25NO/c1-5-20-19(17-7-6-8-18(13-17)21-4)12-16-10-9-14(2)15(3)11-16/h6-11,13,19-20H,5,12H2,1-4H3. The van der Waals surface area contributed by atoms with Gasteiger partial charge in [-0.3, -0.25) is 0 Å². The van der Waals surface area contributed by atoms with Gasteiger partial charge in [-0.2, -0.15) is 0 Å². The number of methoxy groups -OCH3 is 1. The summed E-state index contributed by atoms with van der Waals surface area (Å²) in [7, 11) is 1.71. The summed E-state index contributed by atoms with van der Waals surface area (Å²) >= 11 is 0. The van der Waals surface area contributed by atoms with E-state index in [1.807, 2.05) is 6.07 Å². The first-order valence-electron chi connectivity index (χ1n) is 7.57. The summed E-state index contributed by atoms with van der Waals surface area (Å²) in [4.78, 5) is 0. The molecule has 0 aliphatic rings. The van der Waals surface area contributed by atoms with E-state index in [1.165, 1.54) is 22.3 Å². The van der Waals surface area contributed by atoms with Crippen molar-refractivity contribution in [1.29, 1.82) is 0 Å². The number of likely N-dealkylation sites (N-methyl/N-ethyl adjacent to an activating group) is 1. The minimum absolute atomic E-state index is 0.312. The fraction of sp³-hybridized carbons (Fsp3) is 0.368. The molecule has 2 aromatic rings. The van der Waals surface area contributed by atoms with Crippen LogP contribution in [0.1, 0.15) is 35.2 Å². The highest BCUT2D eigenvalue weighted by Gasteiger charge is 2.12. The summed E-state index contributed by atoms with van der Waals surface area (Å²) in [6.07, 6.45) is 0.988. The van der Waals surface area contributed by atoms with Gasteiger partial charge in [-0.25, -0.2) is 0 Å². The van der Waals surface area contributed by atoms with Crippen LogP contribution in [-0.4, -0.2) is 13.7 Å². The van der Waals surface area contributed by atoms with Gasteiger partial charge in [0.05, 0.1) is 7.11 Å². The second-order valence-electron chi connectivity index (χ2n) is 5.51. The molecule has 2 aromatic carbocycles. The average Bonchev–Trinajstić information content (AvgIpc) is 2.50. The number of hydrogen-bond donors (Lipinski definition) is 1. The quantitative estimate of drug-likeness (QED) is 0.857. The van der Waals surface area contributed by atoms with E-state index < -0.39 is 0 Å². The van der Waals surface area contributed by atoms with Crippen LogP contribution in [0.3, 0.4) is 0 Å². The zero-order valence-corrected chi connectivity index (χ0v) is 13.4. The van der Waals surface area contributed by atoms with E-state index >= 15 is 0 Å². The Kier molecular flexibility index (Phi) is 5.40. The Hall–Kier alpha value is -1.80. The van der Waals surface area contributed by atoms with Gasteiger partial charge < -0.3 is 10.1 Å². The zero-order chi connectivity index (χ0) is 15.2. The lowest BCUT2D eigenvalue weighted by molar-refractivity contribution is 0.413. The van der Waals surface area contributed by atoms with Crippen LogP contribution < -0.4 is 10.1 Å². The van der Waals surface area contributed by atoms with Crippen LogP contribution in [-0.2, 0) is 6.42 Å². The molecule has 0 amide bonds. The van der Waals surface area contributed by atoms with Crippen LogP contribution in [0.5, 0.6) is 5.75 Å². The molecule has 0 aliphatic heterocycles. The number of benzene rings is 2. The van der Waals surface area contributed by atoms with Crippen molar-refractivity contribution in [3.05, 3.63) is 64.7 Å². The summed E-state index contributed by atoms with van der Waals surface area (Å²) in [5.41, 5.74) is 5.34. The number of nitrogens with one attached hydrogen (secondary N) is 1. The average molecular weight is 283 g/mol. The maximum atomic E-state index is 5.34. The van der Waals surface area contributed by atoms with E-state index in [1.54, 1.807) is 7.11 Å². The number of aryl methyl sites for hydroxylation is 2. The fourth-order valence-electron chi connectivity index (χ4n) is 2.58. The van der Waals surface area contributed by atoms with Crippen LogP contribution in [0.15, 0.2) is 42.5 Å². The van der Waals surface area contributed by atoms with Gasteiger partial charge in [0.1, 0.15) is 5.75 Å². The lowest BCUT2D eigenvalue weighted by Crippen LogP contribution is -2.23. The molecule has 21 heavy (non-hydrogen) atoms. The molecular weight excluding hydrogens is 258 g/mol. The van der Waals surface area contributed by atoms with Crippen LogP contribution in [0.2, 0.25) is 0 Å². The van der Waals surface area contributed by atoms with Crippen LogP contribution in [0, 0.1) is 13.8 Å². The monoisotopic (exact) mass is 283 g/mol. The SMILES string of the molecule is CCNC(Cc1ccc(C)c(C)c1)c1cccc(OC)c1. The van der Waals surface area contributed by atoms with Crippen molar-refractivity contribution in [2.45, 2.75) is 33.2 Å². The van der Waals surface area contributed by atoms with Crippen molar-refractivity contribution >= 4 is 0 Å². The fourth-order valence-corrected chi connectivity index (χ4v) is 2.58. The van der Waals surface area contributed by atoms with Gasteiger partial charge in [0.15, 0.2) is 0 Å². The molecule has 2 heteroatoms. The Morgan fingerprint density at radius 2 is 1.86 bits per heavy atom. The molecule has 112 valence electrons. The molecule has 0 heterocycles. The lowest BCUT2D eigenvalue weighted by atomic mass is 9.96. The highest BCUT2D eigenvalue weighted by Crippen LogP contribution is 2.23. The van der Waals surface area contributed by atoms with Gasteiger partial charge in [0, 0.05) is 6.04 Å². The maximum absolute atomic E-state index is 5.34. The largest absolute Gasteiger partial charge is 0.497 e. The van der Waals surface area contributed by atoms with Crippen LogP contribution in [0.4, 0.5) is 0 Å². The summed E-state index contributed by atoms with van der Waals surface area (Å²) in [6, 6.07) is 15.4. The molecule has 2 rings (SSSR count). The molecule has 2 nitrogen and oxygen atoms in total. The Labute approximate surface area is 128 Å².